The number of hydrogen-bond acceptors (Lipinski definition) is 4. The van der Waals surface area contributed by atoms with Gasteiger partial charge in [-0.2, -0.15) is 0 Å². The standard InChI is InChI=1S/C17H25NO4/c1-12-7-6-8-13(9-12)10-14(15(19)21-5)11-18-16(20)22-17(2,3)4/h6-9,14H,10-11H2,1-5H3,(H,18,20)/t14-/m0/s1. The number of rotatable bonds is 5. The lowest BCUT2D eigenvalue weighted by Gasteiger charge is -2.21. The third kappa shape index (κ3) is 6.61. The average Bonchev–Trinajstić information content (AvgIpc) is 2.40. The van der Waals surface area contributed by atoms with Crippen LogP contribution in [-0.4, -0.2) is 31.3 Å². The Hall–Kier alpha value is -2.04. The van der Waals surface area contributed by atoms with E-state index in [2.05, 4.69) is 5.32 Å². The maximum Gasteiger partial charge on any atom is 0.407 e. The van der Waals surface area contributed by atoms with Crippen LogP contribution in [0.1, 0.15) is 31.9 Å². The largest absolute Gasteiger partial charge is 0.469 e. The van der Waals surface area contributed by atoms with Crippen molar-refractivity contribution in [2.75, 3.05) is 13.7 Å². The van der Waals surface area contributed by atoms with Crippen LogP contribution in [0.5, 0.6) is 0 Å². The van der Waals surface area contributed by atoms with Crippen molar-refractivity contribution in [1.29, 1.82) is 0 Å². The second kappa shape index (κ2) is 7.82. The first-order valence-electron chi connectivity index (χ1n) is 7.31. The molecule has 1 N–H and O–H groups in total. The van der Waals surface area contributed by atoms with Crippen molar-refractivity contribution in [3.63, 3.8) is 0 Å². The lowest BCUT2D eigenvalue weighted by molar-refractivity contribution is -0.145. The fourth-order valence-electron chi connectivity index (χ4n) is 2.05. The smallest absolute Gasteiger partial charge is 0.407 e. The Morgan fingerprint density at radius 1 is 1.27 bits per heavy atom. The Bertz CT molecular complexity index is 520. The van der Waals surface area contributed by atoms with Gasteiger partial charge in [-0.15, -0.1) is 0 Å². The molecule has 5 nitrogen and oxygen atoms in total. The maximum atomic E-state index is 11.9. The van der Waals surface area contributed by atoms with E-state index < -0.39 is 17.6 Å². The number of esters is 1. The molecule has 122 valence electrons. The molecule has 1 aromatic rings. The third-order valence-corrected chi connectivity index (χ3v) is 2.99. The Morgan fingerprint density at radius 2 is 1.95 bits per heavy atom. The van der Waals surface area contributed by atoms with Crippen LogP contribution in [0.25, 0.3) is 0 Å². The Balaban J connectivity index is 2.66. The summed E-state index contributed by atoms with van der Waals surface area (Å²) in [5.41, 5.74) is 1.59. The van der Waals surface area contributed by atoms with E-state index in [1.165, 1.54) is 7.11 Å². The van der Waals surface area contributed by atoms with Crippen LogP contribution in [0.3, 0.4) is 0 Å². The highest BCUT2D eigenvalue weighted by Gasteiger charge is 2.22. The highest BCUT2D eigenvalue weighted by Crippen LogP contribution is 2.12. The minimum atomic E-state index is -0.568. The molecule has 1 amide bonds. The molecule has 1 atom stereocenters. The molecule has 0 aromatic heterocycles. The van der Waals surface area contributed by atoms with Gasteiger partial charge in [0.1, 0.15) is 5.60 Å². The molecule has 1 rings (SSSR count). The quantitative estimate of drug-likeness (QED) is 0.850. The van der Waals surface area contributed by atoms with Gasteiger partial charge in [-0.3, -0.25) is 4.79 Å². The van der Waals surface area contributed by atoms with Crippen LogP contribution in [0.2, 0.25) is 0 Å². The molecule has 0 bridgehead atoms. The van der Waals surface area contributed by atoms with Crippen molar-refractivity contribution >= 4 is 12.1 Å². The SMILES string of the molecule is COC(=O)[C@H](CNC(=O)OC(C)(C)C)Cc1cccc(C)c1. The molecule has 0 aliphatic heterocycles. The van der Waals surface area contributed by atoms with Crippen LogP contribution >= 0.6 is 0 Å². The first-order chi connectivity index (χ1) is 10.2. The molecule has 5 heteroatoms. The zero-order chi connectivity index (χ0) is 16.8. The molecule has 0 heterocycles. The number of methoxy groups -OCH3 is 1. The van der Waals surface area contributed by atoms with Gasteiger partial charge in [0.15, 0.2) is 0 Å². The van der Waals surface area contributed by atoms with Gasteiger partial charge in [0.05, 0.1) is 13.0 Å². The molecule has 0 fully saturated rings. The van der Waals surface area contributed by atoms with Crippen molar-refractivity contribution in [1.82, 2.24) is 5.32 Å². The maximum absolute atomic E-state index is 11.9. The van der Waals surface area contributed by atoms with Crippen molar-refractivity contribution < 1.29 is 19.1 Å². The van der Waals surface area contributed by atoms with Gasteiger partial charge in [0, 0.05) is 6.54 Å². The Labute approximate surface area is 132 Å². The highest BCUT2D eigenvalue weighted by molar-refractivity contribution is 5.74. The molecule has 0 saturated heterocycles. The average molecular weight is 307 g/mol. The zero-order valence-electron chi connectivity index (χ0n) is 13.9. The third-order valence-electron chi connectivity index (χ3n) is 2.99. The lowest BCUT2D eigenvalue weighted by Crippen LogP contribution is -2.38. The van der Waals surface area contributed by atoms with Gasteiger partial charge >= 0.3 is 12.1 Å². The van der Waals surface area contributed by atoms with Crippen LogP contribution in [-0.2, 0) is 20.7 Å². The van der Waals surface area contributed by atoms with E-state index in [0.29, 0.717) is 6.42 Å². The van der Waals surface area contributed by atoms with Gasteiger partial charge in [-0.05, 0) is 39.7 Å². The topological polar surface area (TPSA) is 64.6 Å². The number of benzene rings is 1. The summed E-state index contributed by atoms with van der Waals surface area (Å²) in [5, 5.41) is 2.63. The monoisotopic (exact) mass is 307 g/mol. The van der Waals surface area contributed by atoms with Crippen molar-refractivity contribution in [2.24, 2.45) is 5.92 Å². The van der Waals surface area contributed by atoms with Crippen LogP contribution < -0.4 is 5.32 Å². The van der Waals surface area contributed by atoms with Gasteiger partial charge in [0.25, 0.3) is 0 Å². The molecular formula is C17H25NO4. The molecular weight excluding hydrogens is 282 g/mol. The predicted octanol–water partition coefficient (Wildman–Crippen LogP) is 2.85. The molecule has 0 aliphatic carbocycles. The minimum Gasteiger partial charge on any atom is -0.469 e. The number of carbonyl (C=O) groups excluding carboxylic acids is 2. The summed E-state index contributed by atoms with van der Waals surface area (Å²) in [6.07, 6.45) is -0.0323. The summed E-state index contributed by atoms with van der Waals surface area (Å²) in [7, 11) is 1.35. The summed E-state index contributed by atoms with van der Waals surface area (Å²) in [6, 6.07) is 7.91. The minimum absolute atomic E-state index is 0.176. The van der Waals surface area contributed by atoms with Crippen molar-refractivity contribution in [3.8, 4) is 0 Å². The molecule has 0 aliphatic rings. The van der Waals surface area contributed by atoms with Crippen LogP contribution in [0.15, 0.2) is 24.3 Å². The fourth-order valence-corrected chi connectivity index (χ4v) is 2.05. The number of nitrogens with one attached hydrogen (secondary N) is 1. The second-order valence-electron chi connectivity index (χ2n) is 6.30. The summed E-state index contributed by atoms with van der Waals surface area (Å²) < 4.78 is 9.99. The van der Waals surface area contributed by atoms with Crippen LogP contribution in [0.4, 0.5) is 4.79 Å². The van der Waals surface area contributed by atoms with Gasteiger partial charge in [0.2, 0.25) is 0 Å². The molecule has 0 radical (unpaired) electrons. The molecule has 1 aromatic carbocycles. The lowest BCUT2D eigenvalue weighted by atomic mass is 9.98. The van der Waals surface area contributed by atoms with E-state index in [4.69, 9.17) is 9.47 Å². The molecule has 0 unspecified atom stereocenters. The molecule has 0 saturated carbocycles. The molecule has 22 heavy (non-hydrogen) atoms. The van der Waals surface area contributed by atoms with Gasteiger partial charge in [-0.25, -0.2) is 4.79 Å². The summed E-state index contributed by atoms with van der Waals surface area (Å²) in [4.78, 5) is 23.6. The number of hydrogen-bond donors (Lipinski definition) is 1. The highest BCUT2D eigenvalue weighted by atomic mass is 16.6. The number of ether oxygens (including phenoxy) is 2. The number of carbonyl (C=O) groups is 2. The Morgan fingerprint density at radius 3 is 2.50 bits per heavy atom. The zero-order valence-corrected chi connectivity index (χ0v) is 13.9. The van der Waals surface area contributed by atoms with E-state index in [9.17, 15) is 9.59 Å². The molecule has 0 spiro atoms. The first kappa shape index (κ1) is 18.0. The van der Waals surface area contributed by atoms with E-state index in [-0.39, 0.29) is 12.5 Å². The van der Waals surface area contributed by atoms with Crippen molar-refractivity contribution in [3.05, 3.63) is 35.4 Å². The van der Waals surface area contributed by atoms with E-state index in [1.807, 2.05) is 31.2 Å². The number of alkyl carbamates (subject to hydrolysis) is 1. The van der Waals surface area contributed by atoms with E-state index >= 15 is 0 Å². The normalized spacial score (nSPS) is 12.4. The first-order valence-corrected chi connectivity index (χ1v) is 7.31. The number of aryl methyl sites for hydroxylation is 1. The van der Waals surface area contributed by atoms with Gasteiger partial charge in [-0.1, -0.05) is 29.8 Å². The second-order valence-corrected chi connectivity index (χ2v) is 6.30. The summed E-state index contributed by atoms with van der Waals surface area (Å²) in [6.45, 7) is 7.54. The van der Waals surface area contributed by atoms with E-state index in [0.717, 1.165) is 11.1 Å². The number of amides is 1. The summed E-state index contributed by atoms with van der Waals surface area (Å²) in [5.74, 6) is -0.795. The van der Waals surface area contributed by atoms with Crippen LogP contribution in [0, 0.1) is 12.8 Å². The Kier molecular flexibility index (Phi) is 6.40. The predicted molar refractivity (Wildman–Crippen MR) is 84.6 cm³/mol. The summed E-state index contributed by atoms with van der Waals surface area (Å²) >= 11 is 0. The van der Waals surface area contributed by atoms with Gasteiger partial charge < -0.3 is 14.8 Å². The van der Waals surface area contributed by atoms with Crippen molar-refractivity contribution in [2.45, 2.75) is 39.7 Å². The van der Waals surface area contributed by atoms with E-state index in [1.54, 1.807) is 20.8 Å². The fraction of sp³-hybridized carbons (Fsp3) is 0.529.